The zero-order valence-corrected chi connectivity index (χ0v) is 11.8. The van der Waals surface area contributed by atoms with Gasteiger partial charge in [-0.15, -0.1) is 0 Å². The van der Waals surface area contributed by atoms with Crippen molar-refractivity contribution in [2.75, 3.05) is 0 Å². The summed E-state index contributed by atoms with van der Waals surface area (Å²) in [6, 6.07) is 8.70. The Morgan fingerprint density at radius 3 is 2.68 bits per heavy atom. The van der Waals surface area contributed by atoms with Crippen LogP contribution in [0, 0.1) is 11.3 Å². The highest BCUT2D eigenvalue weighted by atomic mass is 35.5. The van der Waals surface area contributed by atoms with Gasteiger partial charge in [-0.1, -0.05) is 29.8 Å². The van der Waals surface area contributed by atoms with E-state index in [1.54, 1.807) is 24.3 Å². The van der Waals surface area contributed by atoms with Crippen molar-refractivity contribution in [2.24, 2.45) is 5.73 Å². The fourth-order valence-electron chi connectivity index (χ4n) is 2.41. The lowest BCUT2D eigenvalue weighted by atomic mass is 9.85. The zero-order valence-electron chi connectivity index (χ0n) is 11.0. The van der Waals surface area contributed by atoms with Crippen LogP contribution in [0.15, 0.2) is 45.3 Å². The first-order chi connectivity index (χ1) is 10.5. The Labute approximate surface area is 128 Å². The van der Waals surface area contributed by atoms with Gasteiger partial charge in [-0.2, -0.15) is 5.26 Å². The standard InChI is InChI=1S/C14H9ClN4O3/c15-8-4-2-1-3-6(8)9-7(5-16)11(17)22-13-10(9)12(20)18-14(21)19-13/h1-4,9H,17H2,(H2,18,19,20,21). The molecule has 1 atom stereocenters. The Morgan fingerprint density at radius 2 is 2.00 bits per heavy atom. The van der Waals surface area contributed by atoms with Gasteiger partial charge in [0.2, 0.25) is 11.8 Å². The van der Waals surface area contributed by atoms with Crippen LogP contribution in [0.2, 0.25) is 5.02 Å². The molecule has 1 aromatic heterocycles. The van der Waals surface area contributed by atoms with Crippen molar-refractivity contribution in [1.82, 2.24) is 9.97 Å². The first-order valence-corrected chi connectivity index (χ1v) is 6.59. The number of nitrogens with two attached hydrogens (primary N) is 1. The summed E-state index contributed by atoms with van der Waals surface area (Å²) in [6.07, 6.45) is 0. The highest BCUT2D eigenvalue weighted by Gasteiger charge is 2.34. The molecular weight excluding hydrogens is 308 g/mol. The smallest absolute Gasteiger partial charge is 0.328 e. The molecule has 1 aliphatic heterocycles. The van der Waals surface area contributed by atoms with Crippen molar-refractivity contribution in [3.8, 4) is 11.9 Å². The third kappa shape index (κ3) is 2.06. The van der Waals surface area contributed by atoms with Gasteiger partial charge in [0.1, 0.15) is 11.6 Å². The Bertz CT molecular complexity index is 952. The molecule has 110 valence electrons. The predicted molar refractivity (Wildman–Crippen MR) is 78.4 cm³/mol. The van der Waals surface area contributed by atoms with Crippen LogP contribution in [0.5, 0.6) is 5.88 Å². The van der Waals surface area contributed by atoms with Crippen LogP contribution < -0.4 is 21.7 Å². The third-order valence-electron chi connectivity index (χ3n) is 3.33. The highest BCUT2D eigenvalue weighted by Crippen LogP contribution is 2.40. The number of aromatic nitrogens is 2. The number of H-pyrrole nitrogens is 2. The molecule has 0 radical (unpaired) electrons. The number of nitrogens with one attached hydrogen (secondary N) is 2. The molecule has 7 nitrogen and oxygen atoms in total. The number of hydrogen-bond acceptors (Lipinski definition) is 5. The molecule has 1 aromatic carbocycles. The first-order valence-electron chi connectivity index (χ1n) is 6.21. The minimum atomic E-state index is -0.817. The summed E-state index contributed by atoms with van der Waals surface area (Å²) in [5, 5.41) is 9.73. The maximum absolute atomic E-state index is 12.2. The molecule has 1 unspecified atom stereocenters. The second kappa shape index (κ2) is 5.09. The molecule has 4 N–H and O–H groups in total. The summed E-state index contributed by atoms with van der Waals surface area (Å²) in [5.74, 6) is -1.08. The Kier molecular flexibility index (Phi) is 3.23. The van der Waals surface area contributed by atoms with Crippen LogP contribution in [0.1, 0.15) is 17.0 Å². The van der Waals surface area contributed by atoms with E-state index in [9.17, 15) is 14.9 Å². The van der Waals surface area contributed by atoms with Crippen LogP contribution in [0.4, 0.5) is 0 Å². The van der Waals surface area contributed by atoms with Gasteiger partial charge in [0.15, 0.2) is 0 Å². The lowest BCUT2D eigenvalue weighted by Gasteiger charge is -2.25. The summed E-state index contributed by atoms with van der Waals surface area (Å²) in [5.41, 5.74) is 5.00. The van der Waals surface area contributed by atoms with Gasteiger partial charge in [-0.25, -0.2) is 4.79 Å². The fraction of sp³-hybridized carbons (Fsp3) is 0.0714. The van der Waals surface area contributed by atoms with Crippen LogP contribution in [0.3, 0.4) is 0 Å². The topological polar surface area (TPSA) is 125 Å². The Morgan fingerprint density at radius 1 is 1.27 bits per heavy atom. The molecule has 1 aliphatic rings. The van der Waals surface area contributed by atoms with Crippen molar-refractivity contribution >= 4 is 11.6 Å². The number of aromatic amines is 2. The van der Waals surface area contributed by atoms with Gasteiger partial charge in [0.05, 0.1) is 11.5 Å². The van der Waals surface area contributed by atoms with Gasteiger partial charge in [0, 0.05) is 5.02 Å². The summed E-state index contributed by atoms with van der Waals surface area (Å²) in [7, 11) is 0. The third-order valence-corrected chi connectivity index (χ3v) is 3.68. The molecule has 8 heteroatoms. The molecule has 2 heterocycles. The lowest BCUT2D eigenvalue weighted by Crippen LogP contribution is -2.33. The summed E-state index contributed by atoms with van der Waals surface area (Å²) >= 11 is 6.18. The number of benzene rings is 1. The average molecular weight is 317 g/mol. The van der Waals surface area contributed by atoms with Gasteiger partial charge in [-0.3, -0.25) is 14.8 Å². The van der Waals surface area contributed by atoms with Crippen molar-refractivity contribution in [3.63, 3.8) is 0 Å². The van der Waals surface area contributed by atoms with Gasteiger partial charge in [0.25, 0.3) is 5.56 Å². The minimum Gasteiger partial charge on any atom is -0.424 e. The SMILES string of the molecule is N#CC1=C(N)Oc2[nH]c(=O)[nH]c(=O)c2C1c1ccccc1Cl. The van der Waals surface area contributed by atoms with E-state index in [2.05, 4.69) is 9.97 Å². The monoisotopic (exact) mass is 316 g/mol. The molecule has 0 saturated heterocycles. The minimum absolute atomic E-state index is 0.0538. The normalized spacial score (nSPS) is 16.6. The largest absolute Gasteiger partial charge is 0.424 e. The quantitative estimate of drug-likeness (QED) is 0.722. The molecule has 0 saturated carbocycles. The van der Waals surface area contributed by atoms with Crippen molar-refractivity contribution in [1.29, 1.82) is 5.26 Å². The van der Waals surface area contributed by atoms with E-state index in [0.717, 1.165) is 0 Å². The van der Waals surface area contributed by atoms with Crippen LogP contribution in [-0.4, -0.2) is 9.97 Å². The van der Waals surface area contributed by atoms with E-state index in [1.165, 1.54) is 0 Å². The number of nitriles is 1. The number of nitrogens with zero attached hydrogens (tertiary/aromatic N) is 1. The first kappa shape index (κ1) is 14.0. The van der Waals surface area contributed by atoms with Crippen LogP contribution >= 0.6 is 11.6 Å². The molecule has 2 aromatic rings. The Hall–Kier alpha value is -2.98. The average Bonchev–Trinajstić information content (AvgIpc) is 2.46. The van der Waals surface area contributed by atoms with Crippen molar-refractivity contribution in [3.05, 3.63) is 72.7 Å². The van der Waals surface area contributed by atoms with E-state index in [0.29, 0.717) is 10.6 Å². The van der Waals surface area contributed by atoms with E-state index in [-0.39, 0.29) is 22.9 Å². The number of rotatable bonds is 1. The summed E-state index contributed by atoms with van der Waals surface area (Å²) in [4.78, 5) is 28.0. The second-order valence-corrected chi connectivity index (χ2v) is 5.00. The van der Waals surface area contributed by atoms with E-state index < -0.39 is 17.2 Å². The molecule has 0 aliphatic carbocycles. The number of ether oxygens (including phenoxy) is 1. The fourth-order valence-corrected chi connectivity index (χ4v) is 2.65. The van der Waals surface area contributed by atoms with Crippen molar-refractivity contribution < 1.29 is 4.74 Å². The van der Waals surface area contributed by atoms with Crippen LogP contribution in [0.25, 0.3) is 0 Å². The van der Waals surface area contributed by atoms with E-state index in [4.69, 9.17) is 22.1 Å². The molecule has 0 bridgehead atoms. The zero-order chi connectivity index (χ0) is 15.9. The van der Waals surface area contributed by atoms with Crippen molar-refractivity contribution in [2.45, 2.75) is 5.92 Å². The maximum atomic E-state index is 12.2. The number of halogens is 1. The number of fused-ring (bicyclic) bond motifs is 1. The molecule has 0 fully saturated rings. The van der Waals surface area contributed by atoms with Gasteiger partial charge in [-0.05, 0) is 11.6 Å². The Balaban J connectivity index is 2.38. The molecule has 3 rings (SSSR count). The summed E-state index contributed by atoms with van der Waals surface area (Å²) < 4.78 is 5.20. The summed E-state index contributed by atoms with van der Waals surface area (Å²) in [6.45, 7) is 0. The van der Waals surface area contributed by atoms with Gasteiger partial charge < -0.3 is 10.5 Å². The van der Waals surface area contributed by atoms with E-state index in [1.807, 2.05) is 6.07 Å². The maximum Gasteiger partial charge on any atom is 0.328 e. The molecule has 0 amide bonds. The van der Waals surface area contributed by atoms with Gasteiger partial charge >= 0.3 is 5.69 Å². The number of hydrogen-bond donors (Lipinski definition) is 3. The molecule has 22 heavy (non-hydrogen) atoms. The predicted octanol–water partition coefficient (Wildman–Crippen LogP) is 0.935. The van der Waals surface area contributed by atoms with E-state index >= 15 is 0 Å². The van der Waals surface area contributed by atoms with Crippen LogP contribution in [-0.2, 0) is 0 Å². The highest BCUT2D eigenvalue weighted by molar-refractivity contribution is 6.31. The number of allylic oxidation sites excluding steroid dienone is 1. The second-order valence-electron chi connectivity index (χ2n) is 4.60. The lowest BCUT2D eigenvalue weighted by molar-refractivity contribution is 0.373. The molecule has 0 spiro atoms. The molecular formula is C14H9ClN4O3.